The minimum absolute atomic E-state index is 0.0192. The van der Waals surface area contributed by atoms with E-state index in [4.69, 9.17) is 0 Å². The minimum atomic E-state index is -1.33. The smallest absolute Gasteiger partial charge is 0.249 e. The molecule has 2 N–H and O–H groups in total. The van der Waals surface area contributed by atoms with Crippen molar-refractivity contribution in [2.75, 3.05) is 10.0 Å². The molecule has 1 amide bonds. The molecule has 2 heterocycles. The van der Waals surface area contributed by atoms with E-state index in [9.17, 15) is 9.00 Å². The number of carbonyl (C=O) groups is 1. The highest BCUT2D eigenvalue weighted by molar-refractivity contribution is 7.86. The highest BCUT2D eigenvalue weighted by Gasteiger charge is 2.30. The summed E-state index contributed by atoms with van der Waals surface area (Å²) < 4.78 is 17.2. The van der Waals surface area contributed by atoms with Gasteiger partial charge in [0.25, 0.3) is 0 Å². The minimum Gasteiger partial charge on any atom is -0.301 e. The van der Waals surface area contributed by atoms with Crippen LogP contribution in [0.3, 0.4) is 0 Å². The third-order valence-corrected chi connectivity index (χ3v) is 6.01. The first-order valence-corrected chi connectivity index (χ1v) is 10.8. The molecule has 1 unspecified atom stereocenters. The van der Waals surface area contributed by atoms with Gasteiger partial charge in [-0.1, -0.05) is 36.4 Å². The summed E-state index contributed by atoms with van der Waals surface area (Å²) in [5, 5.41) is 7.25. The summed E-state index contributed by atoms with van der Waals surface area (Å²) in [6.07, 6.45) is 1.86. The summed E-state index contributed by atoms with van der Waals surface area (Å²) in [5.74, 6) is 0.391. The number of benzene rings is 2. The molecule has 7 nitrogen and oxygen atoms in total. The molecule has 1 aliphatic carbocycles. The van der Waals surface area contributed by atoms with Crippen LogP contribution in [0.1, 0.15) is 12.8 Å². The van der Waals surface area contributed by atoms with Gasteiger partial charge in [0.1, 0.15) is 11.0 Å². The van der Waals surface area contributed by atoms with Crippen molar-refractivity contribution in [2.24, 2.45) is 5.92 Å². The van der Waals surface area contributed by atoms with Crippen LogP contribution in [0.4, 0.5) is 11.6 Å². The van der Waals surface area contributed by atoms with Crippen LogP contribution in [0.5, 0.6) is 0 Å². The van der Waals surface area contributed by atoms with Crippen LogP contribution in [-0.4, -0.2) is 24.7 Å². The fraction of sp³-hybridized carbons (Fsp3) is 0.136. The molecule has 4 aromatic rings. The molecule has 0 aliphatic heterocycles. The highest BCUT2D eigenvalue weighted by Crippen LogP contribution is 2.30. The zero-order valence-electron chi connectivity index (χ0n) is 16.0. The lowest BCUT2D eigenvalue weighted by Gasteiger charge is -2.08. The number of aromatic nitrogens is 3. The molecule has 1 fully saturated rings. The largest absolute Gasteiger partial charge is 0.301 e. The fourth-order valence-corrected chi connectivity index (χ4v) is 4.03. The first kappa shape index (κ1) is 18.5. The van der Waals surface area contributed by atoms with Crippen LogP contribution >= 0.6 is 0 Å². The number of nitrogens with zero attached hydrogens (tertiary/aromatic N) is 3. The lowest BCUT2D eigenvalue weighted by Crippen LogP contribution is -2.14. The maximum absolute atomic E-state index is 12.4. The van der Waals surface area contributed by atoms with E-state index in [1.807, 2.05) is 72.8 Å². The van der Waals surface area contributed by atoms with Crippen molar-refractivity contribution < 1.29 is 9.00 Å². The number of pyridine rings is 1. The summed E-state index contributed by atoms with van der Waals surface area (Å²) in [7, 11) is -1.33. The zero-order chi connectivity index (χ0) is 20.5. The number of carbonyl (C=O) groups excluding carboxylic acids is 1. The molecule has 2 aromatic carbocycles. The second-order valence-electron chi connectivity index (χ2n) is 7.14. The molecule has 30 heavy (non-hydrogen) atoms. The Bertz CT molecular complexity index is 1230. The van der Waals surface area contributed by atoms with E-state index in [2.05, 4.69) is 20.1 Å². The second-order valence-corrected chi connectivity index (χ2v) is 8.35. The molecule has 0 saturated heterocycles. The van der Waals surface area contributed by atoms with Crippen LogP contribution in [0.25, 0.3) is 16.9 Å². The number of amides is 1. The van der Waals surface area contributed by atoms with Crippen LogP contribution in [-0.2, 0) is 15.8 Å². The summed E-state index contributed by atoms with van der Waals surface area (Å²) in [5.41, 5.74) is 3.19. The Morgan fingerprint density at radius 1 is 0.967 bits per heavy atom. The Morgan fingerprint density at radius 2 is 1.73 bits per heavy atom. The lowest BCUT2D eigenvalue weighted by molar-refractivity contribution is -0.117. The summed E-state index contributed by atoms with van der Waals surface area (Å²) in [4.78, 5) is 17.1. The normalized spacial score (nSPS) is 14.4. The quantitative estimate of drug-likeness (QED) is 0.498. The van der Waals surface area contributed by atoms with Gasteiger partial charge in [-0.15, -0.1) is 5.10 Å². The van der Waals surface area contributed by atoms with Crippen molar-refractivity contribution in [1.82, 2.24) is 14.6 Å². The van der Waals surface area contributed by atoms with Crippen molar-refractivity contribution in [3.05, 3.63) is 72.8 Å². The van der Waals surface area contributed by atoms with E-state index >= 15 is 0 Å². The van der Waals surface area contributed by atoms with Gasteiger partial charge in [0.05, 0.1) is 10.6 Å². The monoisotopic (exact) mass is 417 g/mol. The van der Waals surface area contributed by atoms with Crippen molar-refractivity contribution in [2.45, 2.75) is 17.7 Å². The topological polar surface area (TPSA) is 88.4 Å². The molecule has 1 aliphatic rings. The van der Waals surface area contributed by atoms with E-state index in [1.54, 1.807) is 4.52 Å². The van der Waals surface area contributed by atoms with Crippen LogP contribution in [0, 0.1) is 5.92 Å². The number of anilines is 2. The van der Waals surface area contributed by atoms with Crippen molar-refractivity contribution >= 4 is 34.2 Å². The van der Waals surface area contributed by atoms with Crippen molar-refractivity contribution in [1.29, 1.82) is 0 Å². The van der Waals surface area contributed by atoms with Crippen LogP contribution < -0.4 is 10.0 Å². The van der Waals surface area contributed by atoms with Gasteiger partial charge in [0.15, 0.2) is 5.65 Å². The van der Waals surface area contributed by atoms with Crippen LogP contribution in [0.2, 0.25) is 0 Å². The number of fused-ring (bicyclic) bond motifs is 1. The van der Waals surface area contributed by atoms with Gasteiger partial charge < -0.3 is 4.72 Å². The van der Waals surface area contributed by atoms with Gasteiger partial charge in [0, 0.05) is 17.2 Å². The molecule has 0 spiro atoms. The summed E-state index contributed by atoms with van der Waals surface area (Å²) in [6, 6.07) is 22.6. The molecular formula is C22H19N5O2S. The second kappa shape index (κ2) is 7.72. The van der Waals surface area contributed by atoms with Crippen molar-refractivity contribution in [3.63, 3.8) is 0 Å². The van der Waals surface area contributed by atoms with Crippen molar-refractivity contribution in [3.8, 4) is 11.3 Å². The van der Waals surface area contributed by atoms with E-state index < -0.39 is 11.0 Å². The Kier molecular flexibility index (Phi) is 4.76. The fourth-order valence-electron chi connectivity index (χ4n) is 3.15. The Labute approximate surface area is 175 Å². The summed E-state index contributed by atoms with van der Waals surface area (Å²) >= 11 is 0. The highest BCUT2D eigenvalue weighted by atomic mass is 32.2. The Hall–Kier alpha value is -3.52. The molecule has 150 valence electrons. The van der Waals surface area contributed by atoms with Gasteiger partial charge in [-0.05, 0) is 49.2 Å². The van der Waals surface area contributed by atoms with Crippen LogP contribution in [0.15, 0.2) is 77.7 Å². The number of rotatable bonds is 6. The lowest BCUT2D eigenvalue weighted by atomic mass is 10.1. The first-order chi connectivity index (χ1) is 14.7. The SMILES string of the molecule is O=C(Nc1nc2cccc(-c3ccc(NS(=O)c4ccccc4)cc3)n2n1)C1CC1. The predicted octanol–water partition coefficient (Wildman–Crippen LogP) is 3.88. The van der Waals surface area contributed by atoms with E-state index in [-0.39, 0.29) is 11.8 Å². The van der Waals surface area contributed by atoms with E-state index in [0.29, 0.717) is 11.6 Å². The molecule has 8 heteroatoms. The predicted molar refractivity (Wildman–Crippen MR) is 116 cm³/mol. The first-order valence-electron chi connectivity index (χ1n) is 9.68. The van der Waals surface area contributed by atoms with E-state index in [1.165, 1.54) is 0 Å². The number of hydrogen-bond acceptors (Lipinski definition) is 4. The number of hydrogen-bond donors (Lipinski definition) is 2. The molecule has 0 bridgehead atoms. The molecular weight excluding hydrogens is 398 g/mol. The standard InChI is InChI=1S/C22H19N5O2S/c28-21(16-9-10-16)24-22-23-20-8-4-7-19(27(20)25-22)15-11-13-17(14-12-15)26-30(29)18-5-2-1-3-6-18/h1-8,11-14,16,26H,9-10H2,(H,24,25,28). The Balaban J connectivity index is 1.37. The average Bonchev–Trinajstić information content (AvgIpc) is 3.55. The van der Waals surface area contributed by atoms with Gasteiger partial charge in [-0.2, -0.15) is 4.98 Å². The third kappa shape index (κ3) is 3.81. The average molecular weight is 417 g/mol. The molecule has 5 rings (SSSR count). The summed E-state index contributed by atoms with van der Waals surface area (Å²) in [6.45, 7) is 0. The van der Waals surface area contributed by atoms with Gasteiger partial charge in [-0.3, -0.25) is 10.1 Å². The maximum atomic E-state index is 12.4. The number of nitrogens with one attached hydrogen (secondary N) is 2. The Morgan fingerprint density at radius 3 is 2.47 bits per heavy atom. The molecule has 1 atom stereocenters. The zero-order valence-corrected chi connectivity index (χ0v) is 16.8. The van der Waals surface area contributed by atoms with Gasteiger partial charge >= 0.3 is 0 Å². The third-order valence-electron chi connectivity index (χ3n) is 4.89. The van der Waals surface area contributed by atoms with E-state index in [0.717, 1.165) is 34.7 Å². The molecule has 1 saturated carbocycles. The van der Waals surface area contributed by atoms with Gasteiger partial charge in [-0.25, -0.2) is 8.72 Å². The maximum Gasteiger partial charge on any atom is 0.249 e. The van der Waals surface area contributed by atoms with Gasteiger partial charge in [0.2, 0.25) is 11.9 Å². The molecule has 2 aromatic heterocycles. The molecule has 0 radical (unpaired) electrons.